The van der Waals surface area contributed by atoms with Gasteiger partial charge in [0.1, 0.15) is 5.08 Å². The summed E-state index contributed by atoms with van der Waals surface area (Å²) in [5.74, 6) is 0. The molecule has 1 aromatic rings. The highest BCUT2D eigenvalue weighted by atomic mass is 32.3. The summed E-state index contributed by atoms with van der Waals surface area (Å²) in [7, 11) is -3.86. The molecule has 66 valence electrons. The zero-order valence-corrected chi connectivity index (χ0v) is 7.81. The monoisotopic (exact) mass is 204 g/mol. The molecule has 0 atom stereocenters. The Morgan fingerprint density at radius 1 is 1.25 bits per heavy atom. The topological polar surface area (TPSA) is 54.4 Å². The van der Waals surface area contributed by atoms with E-state index in [4.69, 9.17) is 4.55 Å². The highest BCUT2D eigenvalue weighted by Crippen LogP contribution is 2.17. The van der Waals surface area contributed by atoms with Gasteiger partial charge in [0.25, 0.3) is 10.1 Å². The van der Waals surface area contributed by atoms with E-state index in [1.54, 1.807) is 12.1 Å². The molecule has 0 aliphatic carbocycles. The molecule has 1 rings (SSSR count). The fraction of sp³-hybridized carbons (Fsp3) is 0.143. The predicted molar refractivity (Wildman–Crippen MR) is 48.7 cm³/mol. The summed E-state index contributed by atoms with van der Waals surface area (Å²) in [6.07, 6.45) is 0. The molecule has 0 radical (unpaired) electrons. The zero-order valence-electron chi connectivity index (χ0n) is 6.17. The number of thioether (sulfide) groups is 1. The van der Waals surface area contributed by atoms with E-state index < -0.39 is 10.1 Å². The molecule has 0 heterocycles. The summed E-state index contributed by atoms with van der Waals surface area (Å²) in [6, 6.07) is 9.04. The zero-order chi connectivity index (χ0) is 9.03. The lowest BCUT2D eigenvalue weighted by molar-refractivity contribution is 0.489. The highest BCUT2D eigenvalue weighted by molar-refractivity contribution is 8.10. The summed E-state index contributed by atoms with van der Waals surface area (Å²) in [5.41, 5.74) is 0. The third-order valence-electron chi connectivity index (χ3n) is 1.12. The Morgan fingerprint density at radius 2 is 1.83 bits per heavy atom. The minimum Gasteiger partial charge on any atom is -0.285 e. The van der Waals surface area contributed by atoms with E-state index in [1.807, 2.05) is 18.2 Å². The van der Waals surface area contributed by atoms with Gasteiger partial charge in [-0.15, -0.1) is 11.8 Å². The van der Waals surface area contributed by atoms with Crippen LogP contribution in [0.25, 0.3) is 0 Å². The first kappa shape index (κ1) is 9.57. The fourth-order valence-corrected chi connectivity index (χ4v) is 2.15. The van der Waals surface area contributed by atoms with Gasteiger partial charge in [0, 0.05) is 4.90 Å². The Labute approximate surface area is 75.5 Å². The third-order valence-corrected chi connectivity index (χ3v) is 3.39. The summed E-state index contributed by atoms with van der Waals surface area (Å²) >= 11 is 1.09. The van der Waals surface area contributed by atoms with Crippen LogP contribution in [-0.4, -0.2) is 18.1 Å². The molecule has 0 saturated carbocycles. The molecule has 0 fully saturated rings. The van der Waals surface area contributed by atoms with Crippen LogP contribution in [0.5, 0.6) is 0 Å². The minimum absolute atomic E-state index is 0.295. The van der Waals surface area contributed by atoms with Gasteiger partial charge in [-0.25, -0.2) is 0 Å². The maximum absolute atomic E-state index is 10.3. The molecule has 1 aromatic carbocycles. The van der Waals surface area contributed by atoms with Crippen LogP contribution in [0.2, 0.25) is 0 Å². The van der Waals surface area contributed by atoms with Gasteiger partial charge in [0.05, 0.1) is 0 Å². The third kappa shape index (κ3) is 3.75. The molecule has 0 unspecified atom stereocenters. The van der Waals surface area contributed by atoms with E-state index >= 15 is 0 Å². The predicted octanol–water partition coefficient (Wildman–Crippen LogP) is 1.62. The van der Waals surface area contributed by atoms with Crippen LogP contribution in [-0.2, 0) is 10.1 Å². The van der Waals surface area contributed by atoms with Gasteiger partial charge in [0.15, 0.2) is 0 Å². The Kier molecular flexibility index (Phi) is 3.13. The molecule has 1 N–H and O–H groups in total. The lowest BCUT2D eigenvalue weighted by Gasteiger charge is -1.97. The van der Waals surface area contributed by atoms with Crippen LogP contribution < -0.4 is 0 Å². The Morgan fingerprint density at radius 3 is 2.33 bits per heavy atom. The maximum Gasteiger partial charge on any atom is 0.274 e. The average Bonchev–Trinajstić information content (AvgIpc) is 2.02. The molecule has 0 aliphatic heterocycles. The molecule has 0 amide bonds. The molecule has 3 nitrogen and oxygen atoms in total. The van der Waals surface area contributed by atoms with Crippen molar-refractivity contribution in [2.45, 2.75) is 4.90 Å². The van der Waals surface area contributed by atoms with Gasteiger partial charge in [-0.3, -0.25) is 4.55 Å². The van der Waals surface area contributed by atoms with E-state index in [0.717, 1.165) is 16.7 Å². The standard InChI is InChI=1S/C7H8O3S2/c8-12(9,10)6-11-7-4-2-1-3-5-7/h1-5H,6H2,(H,8,9,10). The Bertz CT molecular complexity index is 331. The molecule has 0 aliphatic rings. The Balaban J connectivity index is 2.56. The SMILES string of the molecule is O=S(=O)(O)CSc1ccccc1. The van der Waals surface area contributed by atoms with Gasteiger partial charge < -0.3 is 0 Å². The highest BCUT2D eigenvalue weighted by Gasteiger charge is 2.04. The normalized spacial score (nSPS) is 11.4. The molecule has 0 aromatic heterocycles. The van der Waals surface area contributed by atoms with Crippen molar-refractivity contribution >= 4 is 21.9 Å². The second kappa shape index (κ2) is 3.93. The van der Waals surface area contributed by atoms with Crippen LogP contribution in [0.15, 0.2) is 35.2 Å². The summed E-state index contributed by atoms with van der Waals surface area (Å²) in [6.45, 7) is 0. The number of hydrogen-bond donors (Lipinski definition) is 1. The summed E-state index contributed by atoms with van der Waals surface area (Å²) in [5, 5.41) is -0.295. The van der Waals surface area contributed by atoms with E-state index in [9.17, 15) is 8.42 Å². The quantitative estimate of drug-likeness (QED) is 0.600. The van der Waals surface area contributed by atoms with Crippen molar-refractivity contribution in [3.63, 3.8) is 0 Å². The Hall–Kier alpha value is -0.520. The maximum atomic E-state index is 10.3. The number of hydrogen-bond acceptors (Lipinski definition) is 3. The lowest BCUT2D eigenvalue weighted by Crippen LogP contribution is -1.99. The van der Waals surface area contributed by atoms with E-state index in [1.165, 1.54) is 0 Å². The van der Waals surface area contributed by atoms with Crippen molar-refractivity contribution in [1.29, 1.82) is 0 Å². The van der Waals surface area contributed by atoms with E-state index in [2.05, 4.69) is 0 Å². The smallest absolute Gasteiger partial charge is 0.274 e. The van der Waals surface area contributed by atoms with Crippen LogP contribution in [0.3, 0.4) is 0 Å². The van der Waals surface area contributed by atoms with Crippen LogP contribution >= 0.6 is 11.8 Å². The van der Waals surface area contributed by atoms with Crippen molar-refractivity contribution in [2.75, 3.05) is 5.08 Å². The molecular weight excluding hydrogens is 196 g/mol. The second-order valence-corrected chi connectivity index (χ2v) is 5.02. The number of benzene rings is 1. The molecule has 0 saturated heterocycles. The van der Waals surface area contributed by atoms with Crippen molar-refractivity contribution < 1.29 is 13.0 Å². The first-order chi connectivity index (χ1) is 5.58. The van der Waals surface area contributed by atoms with Crippen molar-refractivity contribution in [3.8, 4) is 0 Å². The van der Waals surface area contributed by atoms with Crippen LogP contribution in [0.4, 0.5) is 0 Å². The first-order valence-corrected chi connectivity index (χ1v) is 5.80. The molecular formula is C7H8O3S2. The average molecular weight is 204 g/mol. The molecule has 0 bridgehead atoms. The van der Waals surface area contributed by atoms with Crippen molar-refractivity contribution in [2.24, 2.45) is 0 Å². The van der Waals surface area contributed by atoms with Crippen LogP contribution in [0.1, 0.15) is 0 Å². The van der Waals surface area contributed by atoms with Gasteiger partial charge in [-0.05, 0) is 12.1 Å². The molecule has 12 heavy (non-hydrogen) atoms. The van der Waals surface area contributed by atoms with Crippen LogP contribution in [0, 0.1) is 0 Å². The fourth-order valence-electron chi connectivity index (χ4n) is 0.659. The first-order valence-electron chi connectivity index (χ1n) is 3.21. The summed E-state index contributed by atoms with van der Waals surface area (Å²) in [4.78, 5) is 0.829. The second-order valence-electron chi connectivity index (χ2n) is 2.16. The van der Waals surface area contributed by atoms with Gasteiger partial charge in [-0.2, -0.15) is 8.42 Å². The molecule has 0 spiro atoms. The van der Waals surface area contributed by atoms with Gasteiger partial charge >= 0.3 is 0 Å². The summed E-state index contributed by atoms with van der Waals surface area (Å²) < 4.78 is 29.1. The largest absolute Gasteiger partial charge is 0.285 e. The van der Waals surface area contributed by atoms with Crippen molar-refractivity contribution in [3.05, 3.63) is 30.3 Å². The van der Waals surface area contributed by atoms with Gasteiger partial charge in [-0.1, -0.05) is 18.2 Å². The van der Waals surface area contributed by atoms with Gasteiger partial charge in [0.2, 0.25) is 0 Å². The van der Waals surface area contributed by atoms with E-state index in [0.29, 0.717) is 0 Å². The van der Waals surface area contributed by atoms with E-state index in [-0.39, 0.29) is 5.08 Å². The van der Waals surface area contributed by atoms with Crippen molar-refractivity contribution in [1.82, 2.24) is 0 Å². The number of rotatable bonds is 3. The minimum atomic E-state index is -3.86. The molecule has 5 heteroatoms. The lowest BCUT2D eigenvalue weighted by atomic mass is 10.4.